The van der Waals surface area contributed by atoms with Crippen molar-refractivity contribution in [3.05, 3.63) is 70.7 Å². The highest BCUT2D eigenvalue weighted by molar-refractivity contribution is 6.31. The molecule has 0 heterocycles. The van der Waals surface area contributed by atoms with Crippen LogP contribution in [0.4, 0.5) is 0 Å². The summed E-state index contributed by atoms with van der Waals surface area (Å²) >= 11 is 6.18. The average molecular weight is 285 g/mol. The van der Waals surface area contributed by atoms with E-state index in [1.807, 2.05) is 54.6 Å². The molecule has 2 rings (SSSR count). The highest BCUT2D eigenvalue weighted by Gasteiger charge is 2.13. The third kappa shape index (κ3) is 3.60. The second kappa shape index (κ2) is 7.09. The van der Waals surface area contributed by atoms with Crippen LogP contribution < -0.4 is 5.32 Å². The van der Waals surface area contributed by atoms with Crippen molar-refractivity contribution in [1.82, 2.24) is 5.32 Å². The summed E-state index contributed by atoms with van der Waals surface area (Å²) in [5, 5.41) is 13.4. The molecule has 0 radical (unpaired) electrons. The molecule has 0 saturated carbocycles. The van der Waals surface area contributed by atoms with Gasteiger partial charge < -0.3 is 5.32 Å². The minimum atomic E-state index is -0.152. The summed E-state index contributed by atoms with van der Waals surface area (Å²) in [5.74, 6) is -0.152. The molecule has 0 fully saturated rings. The third-order valence-electron chi connectivity index (χ3n) is 3.36. The van der Waals surface area contributed by atoms with Crippen LogP contribution >= 0.6 is 11.6 Å². The Morgan fingerprint density at radius 2 is 1.75 bits per heavy atom. The summed E-state index contributed by atoms with van der Waals surface area (Å²) in [6.45, 7) is 2.66. The first-order valence-electron chi connectivity index (χ1n) is 6.64. The molecule has 0 aliphatic carbocycles. The smallest absolute Gasteiger partial charge is 0.0837 e. The van der Waals surface area contributed by atoms with Gasteiger partial charge in [0.1, 0.15) is 0 Å². The second-order valence-corrected chi connectivity index (χ2v) is 5.15. The first-order valence-corrected chi connectivity index (χ1v) is 7.02. The number of nitrogens with one attached hydrogen (secondary N) is 1. The van der Waals surface area contributed by atoms with E-state index in [2.05, 4.69) is 18.3 Å². The number of nitriles is 1. The molecular formula is C17H17ClN2. The van der Waals surface area contributed by atoms with Crippen LogP contribution in [-0.4, -0.2) is 6.54 Å². The van der Waals surface area contributed by atoms with Gasteiger partial charge in [-0.15, -0.1) is 0 Å². The molecule has 0 aromatic heterocycles. The van der Waals surface area contributed by atoms with Crippen LogP contribution in [0.25, 0.3) is 0 Å². The zero-order valence-electron chi connectivity index (χ0n) is 11.4. The van der Waals surface area contributed by atoms with Crippen molar-refractivity contribution in [2.75, 3.05) is 6.54 Å². The zero-order chi connectivity index (χ0) is 14.4. The van der Waals surface area contributed by atoms with Gasteiger partial charge in [0.05, 0.1) is 12.0 Å². The highest BCUT2D eigenvalue weighted by atomic mass is 35.5. The molecule has 102 valence electrons. The largest absolute Gasteiger partial charge is 0.308 e. The minimum Gasteiger partial charge on any atom is -0.308 e. The molecule has 0 amide bonds. The van der Waals surface area contributed by atoms with Gasteiger partial charge in [-0.25, -0.2) is 0 Å². The van der Waals surface area contributed by atoms with Crippen LogP contribution in [0.1, 0.15) is 30.0 Å². The van der Waals surface area contributed by atoms with Crippen LogP contribution in [0.15, 0.2) is 54.6 Å². The van der Waals surface area contributed by atoms with Crippen LogP contribution in [0.3, 0.4) is 0 Å². The first-order chi connectivity index (χ1) is 9.72. The average Bonchev–Trinajstić information content (AvgIpc) is 2.49. The van der Waals surface area contributed by atoms with Crippen LogP contribution in [0, 0.1) is 11.3 Å². The summed E-state index contributed by atoms with van der Waals surface area (Å²) in [4.78, 5) is 0. The molecule has 2 aromatic rings. The number of rotatable bonds is 5. The topological polar surface area (TPSA) is 35.8 Å². The predicted molar refractivity (Wildman–Crippen MR) is 82.7 cm³/mol. The Labute approximate surface area is 125 Å². The molecule has 2 aromatic carbocycles. The van der Waals surface area contributed by atoms with E-state index in [-0.39, 0.29) is 12.0 Å². The SMILES string of the molecule is C[C@@H](NCC(C#N)c1ccccc1)c1ccccc1Cl. The molecule has 3 heteroatoms. The van der Waals surface area contributed by atoms with Gasteiger partial charge in [0, 0.05) is 17.6 Å². The summed E-state index contributed by atoms with van der Waals surface area (Å²) in [7, 11) is 0. The minimum absolute atomic E-state index is 0.114. The molecular weight excluding hydrogens is 268 g/mol. The molecule has 1 unspecified atom stereocenters. The molecule has 0 aliphatic rings. The second-order valence-electron chi connectivity index (χ2n) is 4.74. The van der Waals surface area contributed by atoms with Crippen molar-refractivity contribution in [2.24, 2.45) is 0 Å². The third-order valence-corrected chi connectivity index (χ3v) is 3.70. The van der Waals surface area contributed by atoms with Crippen molar-refractivity contribution in [3.63, 3.8) is 0 Å². The van der Waals surface area contributed by atoms with Crippen LogP contribution in [0.2, 0.25) is 5.02 Å². The van der Waals surface area contributed by atoms with E-state index >= 15 is 0 Å². The van der Waals surface area contributed by atoms with Crippen molar-refractivity contribution in [3.8, 4) is 6.07 Å². The van der Waals surface area contributed by atoms with Gasteiger partial charge in [0.25, 0.3) is 0 Å². The van der Waals surface area contributed by atoms with E-state index in [0.717, 1.165) is 16.1 Å². The highest BCUT2D eigenvalue weighted by Crippen LogP contribution is 2.23. The lowest BCUT2D eigenvalue weighted by atomic mass is 10.00. The van der Waals surface area contributed by atoms with Crippen molar-refractivity contribution < 1.29 is 0 Å². The Kier molecular flexibility index (Phi) is 5.17. The maximum absolute atomic E-state index is 9.30. The fourth-order valence-corrected chi connectivity index (χ4v) is 2.45. The number of hydrogen-bond acceptors (Lipinski definition) is 2. The lowest BCUT2D eigenvalue weighted by Gasteiger charge is -2.18. The molecule has 1 N–H and O–H groups in total. The van der Waals surface area contributed by atoms with E-state index in [0.29, 0.717) is 6.54 Å². The molecule has 0 bridgehead atoms. The Morgan fingerprint density at radius 3 is 2.40 bits per heavy atom. The lowest BCUT2D eigenvalue weighted by molar-refractivity contribution is 0.558. The van der Waals surface area contributed by atoms with Crippen LogP contribution in [0.5, 0.6) is 0 Å². The predicted octanol–water partition coefficient (Wildman–Crippen LogP) is 4.30. The van der Waals surface area contributed by atoms with Crippen molar-refractivity contribution in [2.45, 2.75) is 18.9 Å². The van der Waals surface area contributed by atoms with E-state index < -0.39 is 0 Å². The number of nitrogens with zero attached hydrogens (tertiary/aromatic N) is 1. The van der Waals surface area contributed by atoms with Crippen molar-refractivity contribution in [1.29, 1.82) is 5.26 Å². The summed E-state index contributed by atoms with van der Waals surface area (Å²) in [5.41, 5.74) is 2.09. The lowest BCUT2D eigenvalue weighted by Crippen LogP contribution is -2.24. The maximum atomic E-state index is 9.30. The Balaban J connectivity index is 2.01. The normalized spacial score (nSPS) is 13.4. The van der Waals surface area contributed by atoms with Gasteiger partial charge >= 0.3 is 0 Å². The van der Waals surface area contributed by atoms with Gasteiger partial charge in [-0.2, -0.15) is 5.26 Å². The van der Waals surface area contributed by atoms with Gasteiger partial charge in [-0.1, -0.05) is 60.1 Å². The first kappa shape index (κ1) is 14.6. The maximum Gasteiger partial charge on any atom is 0.0837 e. The van der Waals surface area contributed by atoms with Crippen molar-refractivity contribution >= 4 is 11.6 Å². The Morgan fingerprint density at radius 1 is 1.10 bits per heavy atom. The standard InChI is InChI=1S/C17H17ClN2/c1-13(16-9-5-6-10-17(16)18)20-12-15(11-19)14-7-3-2-4-8-14/h2-10,13,15,20H,12H2,1H3/t13-,15?/m1/s1. The van der Waals surface area contributed by atoms with E-state index in [1.54, 1.807) is 0 Å². The molecule has 0 aliphatic heterocycles. The number of halogens is 1. The monoisotopic (exact) mass is 284 g/mol. The number of benzene rings is 2. The quantitative estimate of drug-likeness (QED) is 0.889. The molecule has 2 nitrogen and oxygen atoms in total. The van der Waals surface area contributed by atoms with Gasteiger partial charge in [0.15, 0.2) is 0 Å². The summed E-state index contributed by atoms with van der Waals surface area (Å²) < 4.78 is 0. The molecule has 0 saturated heterocycles. The van der Waals surface area contributed by atoms with E-state index in [1.165, 1.54) is 0 Å². The summed E-state index contributed by atoms with van der Waals surface area (Å²) in [6.07, 6.45) is 0. The Hall–Kier alpha value is -1.82. The van der Waals surface area contributed by atoms with Gasteiger partial charge in [-0.05, 0) is 24.1 Å². The Bertz CT molecular complexity index is 589. The van der Waals surface area contributed by atoms with Crippen LogP contribution in [-0.2, 0) is 0 Å². The molecule has 20 heavy (non-hydrogen) atoms. The van der Waals surface area contributed by atoms with E-state index in [4.69, 9.17) is 11.6 Å². The zero-order valence-corrected chi connectivity index (χ0v) is 12.1. The van der Waals surface area contributed by atoms with E-state index in [9.17, 15) is 5.26 Å². The fraction of sp³-hybridized carbons (Fsp3) is 0.235. The number of hydrogen-bond donors (Lipinski definition) is 1. The molecule has 2 atom stereocenters. The fourth-order valence-electron chi connectivity index (χ4n) is 2.15. The summed E-state index contributed by atoms with van der Waals surface area (Å²) in [6, 6.07) is 20.1. The van der Waals surface area contributed by atoms with Gasteiger partial charge in [-0.3, -0.25) is 0 Å². The molecule has 0 spiro atoms. The van der Waals surface area contributed by atoms with Gasteiger partial charge in [0.2, 0.25) is 0 Å².